The van der Waals surface area contributed by atoms with E-state index in [1.807, 2.05) is 25.1 Å². The lowest BCUT2D eigenvalue weighted by Gasteiger charge is -2.17. The minimum Gasteiger partial charge on any atom is -0.468 e. The summed E-state index contributed by atoms with van der Waals surface area (Å²) < 4.78 is 10.1. The van der Waals surface area contributed by atoms with E-state index < -0.39 is 5.97 Å². The van der Waals surface area contributed by atoms with E-state index in [4.69, 9.17) is 4.42 Å². The minimum atomic E-state index is -0.452. The van der Waals surface area contributed by atoms with E-state index in [2.05, 4.69) is 4.74 Å². The number of carbonyl (C=O) groups excluding carboxylic acids is 2. The Labute approximate surface area is 117 Å². The van der Waals surface area contributed by atoms with E-state index in [1.165, 1.54) is 12.0 Å². The average Bonchev–Trinajstić information content (AvgIpc) is 2.86. The molecule has 0 aliphatic carbocycles. The Balaban J connectivity index is 2.27. The third kappa shape index (κ3) is 2.82. The highest BCUT2D eigenvalue weighted by molar-refractivity contribution is 5.97. The molecular formula is C15H17NO4. The number of ether oxygens (including phenoxy) is 1. The molecular weight excluding hydrogens is 258 g/mol. The first-order valence-corrected chi connectivity index (χ1v) is 6.41. The number of methoxy groups -OCH3 is 1. The molecule has 2 rings (SSSR count). The second-order valence-electron chi connectivity index (χ2n) is 4.55. The van der Waals surface area contributed by atoms with E-state index in [-0.39, 0.29) is 18.2 Å². The Morgan fingerprint density at radius 2 is 2.05 bits per heavy atom. The zero-order valence-corrected chi connectivity index (χ0v) is 11.8. The molecule has 1 aromatic heterocycles. The summed E-state index contributed by atoms with van der Waals surface area (Å²) in [5.74, 6) is -0.532. The van der Waals surface area contributed by atoms with Crippen LogP contribution in [0.2, 0.25) is 0 Å². The smallest absolute Gasteiger partial charge is 0.325 e. The maximum atomic E-state index is 12.3. The van der Waals surface area contributed by atoms with Gasteiger partial charge in [-0.25, -0.2) is 0 Å². The summed E-state index contributed by atoms with van der Waals surface area (Å²) in [7, 11) is 1.30. The van der Waals surface area contributed by atoms with Crippen LogP contribution in [-0.2, 0) is 9.53 Å². The van der Waals surface area contributed by atoms with E-state index in [0.29, 0.717) is 12.1 Å². The van der Waals surface area contributed by atoms with Crippen LogP contribution >= 0.6 is 0 Å². The molecule has 0 radical (unpaired) electrons. The van der Waals surface area contributed by atoms with Crippen LogP contribution in [0.25, 0.3) is 11.0 Å². The normalized spacial score (nSPS) is 10.6. The van der Waals surface area contributed by atoms with Crippen molar-refractivity contribution in [1.82, 2.24) is 4.90 Å². The lowest BCUT2D eigenvalue weighted by atomic mass is 10.2. The predicted molar refractivity (Wildman–Crippen MR) is 74.5 cm³/mol. The van der Waals surface area contributed by atoms with Crippen molar-refractivity contribution in [1.29, 1.82) is 0 Å². The van der Waals surface area contributed by atoms with Crippen molar-refractivity contribution in [2.45, 2.75) is 13.8 Å². The highest BCUT2D eigenvalue weighted by Gasteiger charge is 2.21. The molecule has 0 N–H and O–H groups in total. The van der Waals surface area contributed by atoms with Crippen LogP contribution in [0.4, 0.5) is 0 Å². The van der Waals surface area contributed by atoms with Crippen molar-refractivity contribution >= 4 is 22.8 Å². The summed E-state index contributed by atoms with van der Waals surface area (Å²) in [5, 5.41) is 0.877. The third-order valence-corrected chi connectivity index (χ3v) is 3.10. The summed E-state index contributed by atoms with van der Waals surface area (Å²) in [6, 6.07) is 7.40. The average molecular weight is 275 g/mol. The third-order valence-electron chi connectivity index (χ3n) is 3.10. The highest BCUT2D eigenvalue weighted by Crippen LogP contribution is 2.21. The topological polar surface area (TPSA) is 59.8 Å². The fourth-order valence-corrected chi connectivity index (χ4v) is 1.97. The molecule has 1 aromatic carbocycles. The standard InChI is InChI=1S/C15H17NO4/c1-4-16(9-14(17)19-3)15(18)13-8-11-7-10(2)5-6-12(11)20-13/h5-8H,4,9H2,1-3H3. The van der Waals surface area contributed by atoms with Crippen molar-refractivity contribution in [2.75, 3.05) is 20.2 Å². The number of esters is 1. The van der Waals surface area contributed by atoms with Gasteiger partial charge in [-0.3, -0.25) is 9.59 Å². The van der Waals surface area contributed by atoms with Gasteiger partial charge in [-0.15, -0.1) is 0 Å². The van der Waals surface area contributed by atoms with Gasteiger partial charge < -0.3 is 14.1 Å². The first kappa shape index (κ1) is 14.1. The molecule has 106 valence electrons. The number of nitrogens with zero attached hydrogens (tertiary/aromatic N) is 1. The monoisotopic (exact) mass is 275 g/mol. The number of likely N-dealkylation sites (N-methyl/N-ethyl adjacent to an activating group) is 1. The van der Waals surface area contributed by atoms with Crippen LogP contribution < -0.4 is 0 Å². The highest BCUT2D eigenvalue weighted by atomic mass is 16.5. The number of aryl methyl sites for hydroxylation is 1. The molecule has 2 aromatic rings. The van der Waals surface area contributed by atoms with E-state index in [1.54, 1.807) is 13.0 Å². The van der Waals surface area contributed by atoms with E-state index in [9.17, 15) is 9.59 Å². The van der Waals surface area contributed by atoms with Gasteiger partial charge in [0.1, 0.15) is 12.1 Å². The lowest BCUT2D eigenvalue weighted by molar-refractivity contribution is -0.141. The van der Waals surface area contributed by atoms with Crippen LogP contribution in [0.15, 0.2) is 28.7 Å². The molecule has 0 saturated carbocycles. The van der Waals surface area contributed by atoms with Crippen molar-refractivity contribution in [3.8, 4) is 0 Å². The molecule has 0 spiro atoms. The SMILES string of the molecule is CCN(CC(=O)OC)C(=O)c1cc2cc(C)ccc2o1. The Morgan fingerprint density at radius 1 is 1.30 bits per heavy atom. The molecule has 5 nitrogen and oxygen atoms in total. The van der Waals surface area contributed by atoms with Crippen LogP contribution in [0.3, 0.4) is 0 Å². The van der Waals surface area contributed by atoms with Gasteiger partial charge in [0.2, 0.25) is 0 Å². The molecule has 0 fully saturated rings. The van der Waals surface area contributed by atoms with Gasteiger partial charge in [-0.05, 0) is 32.0 Å². The largest absolute Gasteiger partial charge is 0.468 e. The van der Waals surface area contributed by atoms with E-state index in [0.717, 1.165) is 10.9 Å². The molecule has 5 heteroatoms. The van der Waals surface area contributed by atoms with Gasteiger partial charge in [-0.2, -0.15) is 0 Å². The zero-order valence-electron chi connectivity index (χ0n) is 11.8. The first-order valence-electron chi connectivity index (χ1n) is 6.41. The fourth-order valence-electron chi connectivity index (χ4n) is 1.97. The second kappa shape index (κ2) is 5.77. The maximum Gasteiger partial charge on any atom is 0.325 e. The molecule has 0 aliphatic rings. The molecule has 0 saturated heterocycles. The summed E-state index contributed by atoms with van der Waals surface area (Å²) in [6.07, 6.45) is 0. The summed E-state index contributed by atoms with van der Waals surface area (Å²) >= 11 is 0. The number of carbonyl (C=O) groups is 2. The minimum absolute atomic E-state index is 0.0814. The fraction of sp³-hybridized carbons (Fsp3) is 0.333. The lowest BCUT2D eigenvalue weighted by Crippen LogP contribution is -2.35. The predicted octanol–water partition coefficient (Wildman–Crippen LogP) is 2.38. The van der Waals surface area contributed by atoms with Gasteiger partial charge in [0, 0.05) is 11.9 Å². The Hall–Kier alpha value is -2.30. The van der Waals surface area contributed by atoms with Gasteiger partial charge in [0.05, 0.1) is 7.11 Å². The van der Waals surface area contributed by atoms with Crippen molar-refractivity contribution < 1.29 is 18.7 Å². The number of amides is 1. The van der Waals surface area contributed by atoms with Gasteiger partial charge >= 0.3 is 5.97 Å². The van der Waals surface area contributed by atoms with Gasteiger partial charge in [0.25, 0.3) is 5.91 Å². The molecule has 20 heavy (non-hydrogen) atoms. The summed E-state index contributed by atoms with van der Waals surface area (Å²) in [6.45, 7) is 4.10. The number of furan rings is 1. The van der Waals surface area contributed by atoms with Crippen LogP contribution in [-0.4, -0.2) is 37.0 Å². The molecule has 1 amide bonds. The number of benzene rings is 1. The van der Waals surface area contributed by atoms with Crippen LogP contribution in [0.1, 0.15) is 23.0 Å². The number of fused-ring (bicyclic) bond motifs is 1. The summed E-state index contributed by atoms with van der Waals surface area (Å²) in [5.41, 5.74) is 1.76. The second-order valence-corrected chi connectivity index (χ2v) is 4.55. The van der Waals surface area contributed by atoms with Crippen molar-refractivity contribution in [3.05, 3.63) is 35.6 Å². The quantitative estimate of drug-likeness (QED) is 0.804. The number of hydrogen-bond acceptors (Lipinski definition) is 4. The summed E-state index contributed by atoms with van der Waals surface area (Å²) in [4.78, 5) is 25.0. The van der Waals surface area contributed by atoms with Crippen LogP contribution in [0.5, 0.6) is 0 Å². The first-order chi connectivity index (χ1) is 9.55. The Bertz CT molecular complexity index is 644. The molecule has 0 bridgehead atoms. The number of hydrogen-bond donors (Lipinski definition) is 0. The zero-order chi connectivity index (χ0) is 14.7. The van der Waals surface area contributed by atoms with Crippen LogP contribution in [0, 0.1) is 6.92 Å². The van der Waals surface area contributed by atoms with Crippen molar-refractivity contribution in [3.63, 3.8) is 0 Å². The van der Waals surface area contributed by atoms with Crippen molar-refractivity contribution in [2.24, 2.45) is 0 Å². The maximum absolute atomic E-state index is 12.3. The molecule has 0 atom stereocenters. The van der Waals surface area contributed by atoms with Gasteiger partial charge in [0.15, 0.2) is 5.76 Å². The Kier molecular flexibility index (Phi) is 4.08. The molecule has 0 aliphatic heterocycles. The molecule has 0 unspecified atom stereocenters. The van der Waals surface area contributed by atoms with Gasteiger partial charge in [-0.1, -0.05) is 11.6 Å². The number of rotatable bonds is 4. The van der Waals surface area contributed by atoms with E-state index >= 15 is 0 Å². The Morgan fingerprint density at radius 3 is 2.70 bits per heavy atom. The molecule has 1 heterocycles.